The van der Waals surface area contributed by atoms with Crippen LogP contribution in [0.15, 0.2) is 38.0 Å². The van der Waals surface area contributed by atoms with Crippen molar-refractivity contribution in [3.8, 4) is 0 Å². The third kappa shape index (κ3) is 5.37. The van der Waals surface area contributed by atoms with E-state index in [4.69, 9.17) is 0 Å². The van der Waals surface area contributed by atoms with E-state index in [9.17, 15) is 0 Å². The molecule has 2 heteroatoms. The summed E-state index contributed by atoms with van der Waals surface area (Å²) in [5.41, 5.74) is 1.45. The van der Waals surface area contributed by atoms with E-state index in [0.717, 1.165) is 6.42 Å². The van der Waals surface area contributed by atoms with Crippen LogP contribution in [0.2, 0.25) is 29.6 Å². The van der Waals surface area contributed by atoms with E-state index < -0.39 is 36.8 Å². The molecule has 0 fully saturated rings. The zero-order valence-corrected chi connectivity index (χ0v) is 17.9. The van der Waals surface area contributed by atoms with Crippen LogP contribution >= 0.6 is 0 Å². The maximum absolute atomic E-state index is 2.60. The van der Waals surface area contributed by atoms with Gasteiger partial charge in [0.15, 0.2) is 0 Å². The zero-order chi connectivity index (χ0) is 13.1. The molecule has 17 heavy (non-hydrogen) atoms. The molecule has 0 heterocycles. The minimum atomic E-state index is -1.87. The van der Waals surface area contributed by atoms with E-state index in [-0.39, 0.29) is 0 Å². The molecule has 1 rings (SSSR count). The van der Waals surface area contributed by atoms with Gasteiger partial charge < -0.3 is 0 Å². The van der Waals surface area contributed by atoms with Crippen molar-refractivity contribution in [1.29, 1.82) is 0 Å². The van der Waals surface area contributed by atoms with E-state index in [1.54, 1.807) is 0 Å². The van der Waals surface area contributed by atoms with Gasteiger partial charge in [0.2, 0.25) is 0 Å². The average Bonchev–Trinajstić information content (AvgIpc) is 2.15. The normalized spacial score (nSPS) is 12.4. The van der Waals surface area contributed by atoms with E-state index in [2.05, 4.69) is 66.0 Å². The molecule has 0 radical (unpaired) electrons. The van der Waals surface area contributed by atoms with Crippen LogP contribution in [0.3, 0.4) is 0 Å². The Balaban J connectivity index is 2.93. The summed E-state index contributed by atoms with van der Waals surface area (Å²) in [6.45, 7) is 0. The third-order valence-corrected chi connectivity index (χ3v) is 42.1. The number of benzene rings is 1. The van der Waals surface area contributed by atoms with Gasteiger partial charge in [0.05, 0.1) is 0 Å². The van der Waals surface area contributed by atoms with Gasteiger partial charge in [-0.3, -0.25) is 0 Å². The van der Waals surface area contributed by atoms with Crippen LogP contribution in [0.4, 0.5) is 0 Å². The number of allylic oxidation sites excluding steroid dienone is 1. The summed E-state index contributed by atoms with van der Waals surface area (Å²) in [5.74, 6) is 0. The molecule has 0 saturated heterocycles. The van der Waals surface area contributed by atoms with Crippen LogP contribution in [-0.4, -0.2) is 36.8 Å². The molecule has 0 amide bonds. The molecular weight excluding hydrogens is 418 g/mol. The Labute approximate surface area is 115 Å². The van der Waals surface area contributed by atoms with Crippen LogP contribution in [0.1, 0.15) is 5.56 Å². The number of hydrogen-bond donors (Lipinski definition) is 0. The summed E-state index contributed by atoms with van der Waals surface area (Å²) in [6.07, 6.45) is 3.74. The molecule has 1 aromatic carbocycles. The molecule has 0 unspecified atom stereocenters. The van der Waals surface area contributed by atoms with Crippen LogP contribution < -0.4 is 0 Å². The van der Waals surface area contributed by atoms with Crippen LogP contribution in [-0.2, 0) is 6.42 Å². The molecule has 1 aromatic rings. The molecule has 0 saturated carbocycles. The second-order valence-corrected chi connectivity index (χ2v) is 39.6. The standard InChI is InChI=1S/C9H8.6CH3.2Sn/c1-2-6-9-7-4-3-5-8-9;;;;;;;;/h2-5,7-8H,6H2;6*1H3;;. The monoisotopic (exact) mass is 446 g/mol. The summed E-state index contributed by atoms with van der Waals surface area (Å²) in [7, 11) is 0. The fourth-order valence-electron chi connectivity index (χ4n) is 2.57. The van der Waals surface area contributed by atoms with Crippen molar-refractivity contribution in [3.63, 3.8) is 0 Å². The zero-order valence-electron chi connectivity index (χ0n) is 12.2. The maximum atomic E-state index is 2.60. The van der Waals surface area contributed by atoms with Gasteiger partial charge in [-0.1, -0.05) is 0 Å². The molecule has 0 aliphatic rings. The Hall–Kier alpha value is 0.557. The van der Waals surface area contributed by atoms with Gasteiger partial charge in [0.1, 0.15) is 0 Å². The first-order valence-electron chi connectivity index (χ1n) is 6.46. The topological polar surface area (TPSA) is 0 Å². The summed E-state index contributed by atoms with van der Waals surface area (Å²) in [5, 5.41) is 0. The van der Waals surface area contributed by atoms with Gasteiger partial charge >= 0.3 is 116 Å². The fraction of sp³-hybridized carbons (Fsp3) is 0.467. The molecular formula is C15H26Sn2. The summed E-state index contributed by atoms with van der Waals surface area (Å²) < 4.78 is 1.96. The molecule has 0 aliphatic heterocycles. The first-order valence-corrected chi connectivity index (χ1v) is 26.4. The Morgan fingerprint density at radius 1 is 0.882 bits per heavy atom. The van der Waals surface area contributed by atoms with E-state index in [0.29, 0.717) is 0 Å². The SMILES string of the molecule is [CH3][Sn]([CH3])([CH3])[C](=CCc1ccccc1)[Sn]([CH3])([CH3])[CH3]. The Kier molecular flexibility index (Phi) is 5.64. The molecule has 0 bridgehead atoms. The van der Waals surface area contributed by atoms with Crippen molar-refractivity contribution in [2.75, 3.05) is 0 Å². The van der Waals surface area contributed by atoms with Crippen molar-refractivity contribution in [2.24, 2.45) is 0 Å². The fourth-order valence-corrected chi connectivity index (χ4v) is 56.1. The van der Waals surface area contributed by atoms with Gasteiger partial charge in [-0.05, 0) is 0 Å². The van der Waals surface area contributed by atoms with Gasteiger partial charge in [-0.15, -0.1) is 0 Å². The molecule has 0 N–H and O–H groups in total. The predicted molar refractivity (Wildman–Crippen MR) is 84.9 cm³/mol. The molecule has 94 valence electrons. The van der Waals surface area contributed by atoms with Gasteiger partial charge in [-0.2, -0.15) is 0 Å². The first-order chi connectivity index (χ1) is 7.71. The number of hydrogen-bond acceptors (Lipinski definition) is 0. The second kappa shape index (κ2) is 6.14. The van der Waals surface area contributed by atoms with Crippen molar-refractivity contribution < 1.29 is 0 Å². The van der Waals surface area contributed by atoms with E-state index >= 15 is 0 Å². The molecule has 0 nitrogen and oxygen atoms in total. The average molecular weight is 444 g/mol. The first kappa shape index (κ1) is 15.6. The van der Waals surface area contributed by atoms with Gasteiger partial charge in [-0.25, -0.2) is 0 Å². The van der Waals surface area contributed by atoms with Gasteiger partial charge in [0.25, 0.3) is 0 Å². The minimum absolute atomic E-state index is 1.14. The second-order valence-electron chi connectivity index (χ2n) is 6.81. The summed E-state index contributed by atoms with van der Waals surface area (Å²) >= 11 is -3.74. The van der Waals surface area contributed by atoms with Crippen LogP contribution in [0, 0.1) is 0 Å². The molecule has 0 atom stereocenters. The van der Waals surface area contributed by atoms with Crippen molar-refractivity contribution in [3.05, 3.63) is 43.6 Å². The quantitative estimate of drug-likeness (QED) is 0.580. The Bertz CT molecular complexity index is 362. The van der Waals surface area contributed by atoms with Crippen molar-refractivity contribution in [2.45, 2.75) is 36.1 Å². The third-order valence-electron chi connectivity index (χ3n) is 3.00. The molecule has 0 aliphatic carbocycles. The van der Waals surface area contributed by atoms with Gasteiger partial charge in [0, 0.05) is 0 Å². The van der Waals surface area contributed by atoms with Crippen molar-refractivity contribution in [1.82, 2.24) is 0 Å². The Morgan fingerprint density at radius 2 is 1.35 bits per heavy atom. The van der Waals surface area contributed by atoms with Crippen molar-refractivity contribution >= 4 is 36.8 Å². The van der Waals surface area contributed by atoms with Crippen LogP contribution in [0.5, 0.6) is 0 Å². The summed E-state index contributed by atoms with van der Waals surface area (Å²) in [4.78, 5) is 15.4. The molecule has 0 aromatic heterocycles. The Morgan fingerprint density at radius 3 is 1.76 bits per heavy atom. The van der Waals surface area contributed by atoms with Crippen LogP contribution in [0.25, 0.3) is 0 Å². The summed E-state index contributed by atoms with van der Waals surface area (Å²) in [6, 6.07) is 10.9. The van der Waals surface area contributed by atoms with E-state index in [1.165, 1.54) is 5.56 Å². The number of rotatable bonds is 4. The van der Waals surface area contributed by atoms with E-state index in [1.807, 2.05) is 1.60 Å². The predicted octanol–water partition coefficient (Wildman–Crippen LogP) is 4.91. The molecule has 0 spiro atoms.